The van der Waals surface area contributed by atoms with Crippen molar-refractivity contribution in [2.45, 2.75) is 12.8 Å². The van der Waals surface area contributed by atoms with Crippen LogP contribution in [-0.4, -0.2) is 43.2 Å². The fraction of sp³-hybridized carbons (Fsp3) is 0.235. The number of H-pyrrole nitrogens is 1. The number of fused-ring (bicyclic) bond motifs is 3. The minimum Gasteiger partial charge on any atom is -0.355 e. The lowest BCUT2D eigenvalue weighted by molar-refractivity contribution is 0.895. The van der Waals surface area contributed by atoms with Gasteiger partial charge >= 0.3 is 0 Å². The molecule has 4 aromatic rings. The Morgan fingerprint density at radius 1 is 1.00 bits per heavy atom. The molecule has 0 aromatic carbocycles. The molecule has 25 heavy (non-hydrogen) atoms. The zero-order valence-electron chi connectivity index (χ0n) is 13.5. The van der Waals surface area contributed by atoms with Crippen LogP contribution in [0.4, 0.5) is 17.6 Å². The summed E-state index contributed by atoms with van der Waals surface area (Å²) in [6.07, 6.45) is 7.78. The fourth-order valence-electron chi connectivity index (χ4n) is 3.21. The first-order valence-corrected chi connectivity index (χ1v) is 8.31. The molecule has 0 radical (unpaired) electrons. The van der Waals surface area contributed by atoms with Crippen LogP contribution in [0.15, 0.2) is 36.8 Å². The molecule has 4 aromatic heterocycles. The number of anilines is 3. The lowest BCUT2D eigenvalue weighted by Crippen LogP contribution is -2.19. The molecular formula is C17H16N8. The Morgan fingerprint density at radius 2 is 1.92 bits per heavy atom. The highest BCUT2D eigenvalue weighted by atomic mass is 15.3. The molecule has 1 aliphatic rings. The minimum atomic E-state index is 0.482. The van der Waals surface area contributed by atoms with Crippen LogP contribution < -0.4 is 10.2 Å². The van der Waals surface area contributed by atoms with Crippen LogP contribution in [0, 0.1) is 0 Å². The maximum absolute atomic E-state index is 4.52. The second kappa shape index (κ2) is 5.66. The van der Waals surface area contributed by atoms with E-state index in [1.807, 2.05) is 18.2 Å². The molecule has 0 amide bonds. The van der Waals surface area contributed by atoms with Gasteiger partial charge in [-0.05, 0) is 31.0 Å². The number of hydrogen-bond donors (Lipinski definition) is 2. The molecule has 1 fully saturated rings. The molecule has 1 saturated heterocycles. The average molecular weight is 332 g/mol. The Bertz CT molecular complexity index is 1030. The SMILES string of the molecule is c1cc2c(cn1)[nH]c1nc(Nc3ccc(N4CCCC4)nn3)ncc12. The molecule has 0 aliphatic carbocycles. The van der Waals surface area contributed by atoms with Gasteiger partial charge in [0, 0.05) is 36.3 Å². The summed E-state index contributed by atoms with van der Waals surface area (Å²) >= 11 is 0. The first-order valence-electron chi connectivity index (χ1n) is 8.31. The van der Waals surface area contributed by atoms with Crippen molar-refractivity contribution in [2.24, 2.45) is 0 Å². The first kappa shape index (κ1) is 14.1. The van der Waals surface area contributed by atoms with Gasteiger partial charge in [0.15, 0.2) is 11.6 Å². The van der Waals surface area contributed by atoms with E-state index in [0.29, 0.717) is 11.8 Å². The van der Waals surface area contributed by atoms with Gasteiger partial charge in [-0.15, -0.1) is 10.2 Å². The van der Waals surface area contributed by atoms with Gasteiger partial charge in [-0.25, -0.2) is 4.98 Å². The van der Waals surface area contributed by atoms with E-state index < -0.39 is 0 Å². The zero-order chi connectivity index (χ0) is 16.6. The van der Waals surface area contributed by atoms with Crippen molar-refractivity contribution < 1.29 is 0 Å². The molecule has 2 N–H and O–H groups in total. The Morgan fingerprint density at radius 3 is 2.76 bits per heavy atom. The van der Waals surface area contributed by atoms with E-state index in [2.05, 4.69) is 40.3 Å². The normalized spacial score (nSPS) is 14.5. The van der Waals surface area contributed by atoms with E-state index in [0.717, 1.165) is 40.8 Å². The number of nitrogens with one attached hydrogen (secondary N) is 2. The number of hydrogen-bond acceptors (Lipinski definition) is 7. The molecule has 0 unspecified atom stereocenters. The van der Waals surface area contributed by atoms with E-state index in [1.54, 1.807) is 18.6 Å². The third kappa shape index (κ3) is 2.51. The van der Waals surface area contributed by atoms with Gasteiger partial charge in [0.25, 0.3) is 0 Å². The van der Waals surface area contributed by atoms with E-state index in [-0.39, 0.29) is 0 Å². The average Bonchev–Trinajstić information content (AvgIpc) is 3.30. The molecular weight excluding hydrogens is 316 g/mol. The molecule has 0 spiro atoms. The highest BCUT2D eigenvalue weighted by Gasteiger charge is 2.14. The van der Waals surface area contributed by atoms with Crippen LogP contribution in [0.2, 0.25) is 0 Å². The second-order valence-corrected chi connectivity index (χ2v) is 6.10. The van der Waals surface area contributed by atoms with Crippen LogP contribution in [-0.2, 0) is 0 Å². The summed E-state index contributed by atoms with van der Waals surface area (Å²) in [5.41, 5.74) is 1.71. The standard InChI is InChI=1S/C17H16N8/c1-2-8-25(7-1)15-4-3-14(23-24-15)21-17-19-9-12-11-5-6-18-10-13(11)20-16(12)22-17/h3-6,9-10H,1-2,7-8H2,(H2,19,20,21,22,23). The van der Waals surface area contributed by atoms with Crippen molar-refractivity contribution in [3.05, 3.63) is 36.8 Å². The largest absolute Gasteiger partial charge is 0.355 e. The summed E-state index contributed by atoms with van der Waals surface area (Å²) in [6.45, 7) is 2.10. The van der Waals surface area contributed by atoms with Gasteiger partial charge in [-0.3, -0.25) is 4.98 Å². The van der Waals surface area contributed by atoms with E-state index >= 15 is 0 Å². The smallest absolute Gasteiger partial charge is 0.230 e. The number of rotatable bonds is 3. The highest BCUT2D eigenvalue weighted by Crippen LogP contribution is 2.24. The molecule has 0 bridgehead atoms. The monoisotopic (exact) mass is 332 g/mol. The van der Waals surface area contributed by atoms with Gasteiger partial charge in [-0.1, -0.05) is 0 Å². The van der Waals surface area contributed by atoms with Crippen LogP contribution in [0.5, 0.6) is 0 Å². The number of aromatic nitrogens is 6. The van der Waals surface area contributed by atoms with Crippen LogP contribution >= 0.6 is 0 Å². The van der Waals surface area contributed by atoms with E-state index in [1.165, 1.54) is 12.8 Å². The van der Waals surface area contributed by atoms with E-state index in [4.69, 9.17) is 0 Å². The Kier molecular flexibility index (Phi) is 3.19. The Balaban J connectivity index is 1.42. The Hall–Kier alpha value is -3.29. The van der Waals surface area contributed by atoms with Gasteiger partial charge in [0.1, 0.15) is 5.65 Å². The summed E-state index contributed by atoms with van der Waals surface area (Å²) in [5, 5.41) is 13.7. The van der Waals surface area contributed by atoms with E-state index in [9.17, 15) is 0 Å². The molecule has 8 nitrogen and oxygen atoms in total. The highest BCUT2D eigenvalue weighted by molar-refractivity contribution is 6.05. The van der Waals surface area contributed by atoms with Gasteiger partial charge < -0.3 is 15.2 Å². The third-order valence-corrected chi connectivity index (χ3v) is 4.47. The predicted octanol–water partition coefficient (Wildman–Crippen LogP) is 2.64. The lowest BCUT2D eigenvalue weighted by Gasteiger charge is -2.15. The van der Waals surface area contributed by atoms with Crippen LogP contribution in [0.25, 0.3) is 21.9 Å². The second-order valence-electron chi connectivity index (χ2n) is 6.10. The molecule has 5 heterocycles. The van der Waals surface area contributed by atoms with Gasteiger partial charge in [-0.2, -0.15) is 4.98 Å². The van der Waals surface area contributed by atoms with Crippen molar-refractivity contribution in [3.8, 4) is 0 Å². The topological polar surface area (TPSA) is 95.5 Å². The summed E-state index contributed by atoms with van der Waals surface area (Å²) in [6, 6.07) is 5.84. The molecule has 0 atom stereocenters. The predicted molar refractivity (Wildman–Crippen MR) is 96.0 cm³/mol. The third-order valence-electron chi connectivity index (χ3n) is 4.47. The Labute approximate surface area is 143 Å². The molecule has 0 saturated carbocycles. The lowest BCUT2D eigenvalue weighted by atomic mass is 10.2. The maximum Gasteiger partial charge on any atom is 0.230 e. The van der Waals surface area contributed by atoms with Crippen LogP contribution in [0.1, 0.15) is 12.8 Å². The molecule has 1 aliphatic heterocycles. The van der Waals surface area contributed by atoms with Crippen molar-refractivity contribution in [2.75, 3.05) is 23.3 Å². The number of aromatic amines is 1. The maximum atomic E-state index is 4.52. The fourth-order valence-corrected chi connectivity index (χ4v) is 3.21. The van der Waals surface area contributed by atoms with Crippen molar-refractivity contribution in [1.29, 1.82) is 0 Å². The quantitative estimate of drug-likeness (QED) is 0.595. The summed E-state index contributed by atoms with van der Waals surface area (Å²) in [7, 11) is 0. The van der Waals surface area contributed by atoms with Crippen molar-refractivity contribution in [3.63, 3.8) is 0 Å². The summed E-state index contributed by atoms with van der Waals surface area (Å²) < 4.78 is 0. The van der Waals surface area contributed by atoms with Crippen molar-refractivity contribution >= 4 is 39.5 Å². The van der Waals surface area contributed by atoms with Crippen LogP contribution in [0.3, 0.4) is 0 Å². The van der Waals surface area contributed by atoms with Crippen molar-refractivity contribution in [1.82, 2.24) is 30.1 Å². The molecule has 124 valence electrons. The summed E-state index contributed by atoms with van der Waals surface area (Å²) in [4.78, 5) is 18.5. The summed E-state index contributed by atoms with van der Waals surface area (Å²) in [5.74, 6) is 2.03. The van der Waals surface area contributed by atoms with Gasteiger partial charge in [0.05, 0.1) is 11.7 Å². The number of nitrogens with zero attached hydrogens (tertiary/aromatic N) is 6. The minimum absolute atomic E-state index is 0.482. The molecule has 8 heteroatoms. The zero-order valence-corrected chi connectivity index (χ0v) is 13.5. The molecule has 5 rings (SSSR count). The van der Waals surface area contributed by atoms with Gasteiger partial charge in [0.2, 0.25) is 5.95 Å². The first-order chi connectivity index (χ1) is 12.4. The number of pyridine rings is 1.